The number of anilines is 2. The van der Waals surface area contributed by atoms with Crippen LogP contribution in [-0.4, -0.2) is 131 Å². The number of nitrogens with one attached hydrogen (secondary N) is 2. The first-order chi connectivity index (χ1) is 42.1. The van der Waals surface area contributed by atoms with Crippen LogP contribution in [0.15, 0.2) is 206 Å². The number of likely N-dealkylation sites (N-methyl/N-ethyl adjacent to an activating group) is 2. The second kappa shape index (κ2) is 22.0. The zero-order chi connectivity index (χ0) is 58.8. The molecule has 0 saturated carbocycles. The molecule has 0 spiro atoms. The molecule has 0 radical (unpaired) electrons. The van der Waals surface area contributed by atoms with E-state index in [-0.39, 0.29) is 62.5 Å². The van der Waals surface area contributed by atoms with Gasteiger partial charge < -0.3 is 40.1 Å². The van der Waals surface area contributed by atoms with Gasteiger partial charge in [-0.2, -0.15) is 0 Å². The van der Waals surface area contributed by atoms with Crippen LogP contribution in [0.2, 0.25) is 0 Å². The maximum absolute atomic E-state index is 16.3. The van der Waals surface area contributed by atoms with E-state index in [4.69, 9.17) is 9.47 Å². The van der Waals surface area contributed by atoms with Crippen molar-refractivity contribution in [3.05, 3.63) is 251 Å². The van der Waals surface area contributed by atoms with Crippen molar-refractivity contribution in [3.63, 3.8) is 0 Å². The number of carbonyl (C=O) groups excluding carboxylic acids is 4. The Kier molecular flexibility index (Phi) is 14.0. The van der Waals surface area contributed by atoms with Crippen LogP contribution in [0.5, 0.6) is 0 Å². The molecule has 4 N–H and O–H groups in total. The van der Waals surface area contributed by atoms with E-state index < -0.39 is 72.7 Å². The van der Waals surface area contributed by atoms with Gasteiger partial charge in [0, 0.05) is 50.1 Å². The van der Waals surface area contributed by atoms with Crippen LogP contribution >= 0.6 is 0 Å². The summed E-state index contributed by atoms with van der Waals surface area (Å²) in [4.78, 5) is 68.6. The van der Waals surface area contributed by atoms with E-state index in [1.54, 1.807) is 23.9 Å². The minimum Gasteiger partial charge on any atom is -0.448 e. The summed E-state index contributed by atoms with van der Waals surface area (Å²) in [5.74, 6) is -1.19. The van der Waals surface area contributed by atoms with Gasteiger partial charge in [-0.15, -0.1) is 0 Å². The van der Waals surface area contributed by atoms with Gasteiger partial charge in [-0.3, -0.25) is 19.4 Å². The number of nitrogens with zero attached hydrogens (tertiary/aromatic N) is 4. The second-order valence-corrected chi connectivity index (χ2v) is 23.9. The van der Waals surface area contributed by atoms with Crippen LogP contribution in [0.3, 0.4) is 0 Å². The fourth-order valence-electron chi connectivity index (χ4n) is 15.9. The highest BCUT2D eigenvalue weighted by Crippen LogP contribution is 2.68. The Morgan fingerprint density at radius 2 is 0.779 bits per heavy atom. The Balaban J connectivity index is 0.822. The van der Waals surface area contributed by atoms with Gasteiger partial charge in [0.05, 0.1) is 36.1 Å². The van der Waals surface area contributed by atoms with Crippen molar-refractivity contribution < 1.29 is 38.9 Å². The van der Waals surface area contributed by atoms with E-state index in [1.165, 1.54) is 9.80 Å². The topological polar surface area (TPSA) is 164 Å². The van der Waals surface area contributed by atoms with Crippen molar-refractivity contribution in [3.8, 4) is 22.3 Å². The van der Waals surface area contributed by atoms with Gasteiger partial charge in [0.25, 0.3) is 0 Å². The van der Waals surface area contributed by atoms with Crippen LogP contribution in [0.4, 0.5) is 21.0 Å². The Labute approximate surface area is 500 Å². The third-order valence-electron chi connectivity index (χ3n) is 19.8. The molecule has 14 nitrogen and oxygen atoms in total. The lowest BCUT2D eigenvalue weighted by atomic mass is 9.54. The highest BCUT2D eigenvalue weighted by Gasteiger charge is 2.76. The van der Waals surface area contributed by atoms with E-state index in [1.807, 2.05) is 146 Å². The molecular formula is C72H68N6O8. The number of hydrogen-bond donors (Lipinski definition) is 4. The van der Waals surface area contributed by atoms with Crippen molar-refractivity contribution in [1.82, 2.24) is 19.6 Å². The Hall–Kier alpha value is -9.24. The molecule has 14 heteroatoms. The molecule has 4 amide bonds. The molecule has 6 aliphatic rings. The Morgan fingerprint density at radius 1 is 0.465 bits per heavy atom. The lowest BCUT2D eigenvalue weighted by Gasteiger charge is -2.48. The molecule has 8 atom stereocenters. The van der Waals surface area contributed by atoms with Crippen LogP contribution in [0.25, 0.3) is 22.3 Å². The number of aliphatic hydroxyl groups is 2. The molecule has 2 aliphatic carbocycles. The van der Waals surface area contributed by atoms with Crippen molar-refractivity contribution >= 4 is 35.4 Å². The lowest BCUT2D eigenvalue weighted by molar-refractivity contribution is -0.141. The predicted octanol–water partition coefficient (Wildman–Crippen LogP) is 10.5. The van der Waals surface area contributed by atoms with Crippen molar-refractivity contribution in [2.24, 2.45) is 0 Å². The standard InChI is InChI=1S/C72H68N6O8/c1-75(69(83)85-43-57-53-29-13-9-25-49(53)50-26-10-14-30-54(50)57)63(37-45-21-5-3-6-22-45)65(81)77-47(41-79)39-71(59-33-17-19-35-61(59)73-67(71)77)72-40-48(42-80)78(68(72)74-62-36-20-18-34-60(62)72)66(82)64(38-46-23-7-4-8-24-46)76(2)70(84)86-44-58-55-31-15-11-27-51(55)52-28-12-16-32-56(52)58/h3-36,47-48,57-58,63-64,67-68,73-74,79-80H,37-44H2,1-2H3/t47-,48-,63-,64-,67-,68-,71+,72+/m0/s1. The number of amides is 4. The first-order valence-electron chi connectivity index (χ1n) is 29.9. The van der Waals surface area contributed by atoms with Gasteiger partial charge in [0.2, 0.25) is 11.8 Å². The van der Waals surface area contributed by atoms with Crippen LogP contribution in [0.1, 0.15) is 69.2 Å². The molecule has 14 rings (SSSR count). The molecule has 2 fully saturated rings. The number of rotatable bonds is 15. The number of ether oxygens (including phenoxy) is 2. The van der Waals surface area contributed by atoms with E-state index in [9.17, 15) is 19.8 Å². The zero-order valence-corrected chi connectivity index (χ0v) is 48.0. The molecule has 8 aromatic rings. The summed E-state index contributed by atoms with van der Waals surface area (Å²) in [5.41, 5.74) is 11.5. The molecule has 8 aromatic carbocycles. The lowest BCUT2D eigenvalue weighted by Crippen LogP contribution is -2.64. The van der Waals surface area contributed by atoms with Crippen LogP contribution in [0, 0.1) is 0 Å². The van der Waals surface area contributed by atoms with Gasteiger partial charge in [0.15, 0.2) is 0 Å². The summed E-state index contributed by atoms with van der Waals surface area (Å²) in [6, 6.07) is 64.1. The molecule has 2 saturated heterocycles. The Bertz CT molecular complexity index is 3580. The monoisotopic (exact) mass is 1140 g/mol. The van der Waals surface area contributed by atoms with Crippen molar-refractivity contribution in [2.45, 2.75) is 84.8 Å². The number of hydrogen-bond acceptors (Lipinski definition) is 10. The van der Waals surface area contributed by atoms with Gasteiger partial charge in [-0.25, -0.2) is 9.59 Å². The largest absolute Gasteiger partial charge is 0.448 e. The smallest absolute Gasteiger partial charge is 0.410 e. The van der Waals surface area contributed by atoms with Gasteiger partial charge in [-0.1, -0.05) is 194 Å². The second-order valence-electron chi connectivity index (χ2n) is 23.9. The average molecular weight is 1150 g/mol. The summed E-state index contributed by atoms with van der Waals surface area (Å²) in [6.45, 7) is -0.709. The van der Waals surface area contributed by atoms with E-state index in [0.29, 0.717) is 0 Å². The minimum atomic E-state index is -1.09. The number of carbonyl (C=O) groups is 4. The SMILES string of the molecule is CN(C(=O)OCC1c2ccccc2-c2ccccc21)[C@@H](Cc1ccccc1)C(=O)N1[C@H](CO)C[C@@]2([C@@]34C[C@@H](CO)N(C(=O)[C@H](Cc5ccccc5)N(C)C(=O)OCC5c6ccccc6-c6ccccc65)[C@@H]3Nc3ccccc34)c3ccccc3N[C@@H]12. The van der Waals surface area contributed by atoms with Crippen LogP contribution < -0.4 is 10.6 Å². The molecule has 434 valence electrons. The van der Waals surface area contributed by atoms with Crippen molar-refractivity contribution in [2.75, 3.05) is 51.2 Å². The number of fused-ring (bicyclic) bond motifs is 13. The number of aliphatic hydroxyl groups excluding tert-OH is 2. The maximum atomic E-state index is 16.3. The predicted molar refractivity (Wildman–Crippen MR) is 329 cm³/mol. The molecule has 4 heterocycles. The summed E-state index contributed by atoms with van der Waals surface area (Å²) in [7, 11) is 3.23. The maximum Gasteiger partial charge on any atom is 0.410 e. The zero-order valence-electron chi connectivity index (χ0n) is 48.0. The molecule has 0 bridgehead atoms. The first kappa shape index (κ1) is 54.7. The highest BCUT2D eigenvalue weighted by atomic mass is 16.6. The molecular weight excluding hydrogens is 1080 g/mol. The Morgan fingerprint density at radius 3 is 1.13 bits per heavy atom. The number of likely N-dealkylation sites (tertiary alicyclic amines) is 2. The van der Waals surface area contributed by atoms with E-state index in [0.717, 1.165) is 78.1 Å². The molecule has 0 aromatic heterocycles. The quantitative estimate of drug-likeness (QED) is 0.0777. The summed E-state index contributed by atoms with van der Waals surface area (Å²) >= 11 is 0. The number of benzene rings is 8. The molecule has 4 aliphatic heterocycles. The summed E-state index contributed by atoms with van der Waals surface area (Å²) < 4.78 is 12.6. The van der Waals surface area contributed by atoms with Gasteiger partial charge in [0.1, 0.15) is 37.6 Å². The third kappa shape index (κ3) is 8.58. The van der Waals surface area contributed by atoms with Crippen molar-refractivity contribution in [1.29, 1.82) is 0 Å². The normalized spacial score (nSPS) is 22.4. The first-order valence-corrected chi connectivity index (χ1v) is 29.9. The molecule has 86 heavy (non-hydrogen) atoms. The average Bonchev–Trinajstić information content (AvgIpc) is 1.49. The third-order valence-corrected chi connectivity index (χ3v) is 19.8. The fourth-order valence-corrected chi connectivity index (χ4v) is 15.9. The van der Waals surface area contributed by atoms with Gasteiger partial charge >= 0.3 is 12.2 Å². The summed E-state index contributed by atoms with van der Waals surface area (Å²) in [6.07, 6.45) is -2.21. The van der Waals surface area contributed by atoms with E-state index >= 15 is 9.59 Å². The van der Waals surface area contributed by atoms with E-state index in [2.05, 4.69) is 71.3 Å². The molecule has 0 unspecified atom stereocenters. The summed E-state index contributed by atoms with van der Waals surface area (Å²) in [5, 5.41) is 31.3. The van der Waals surface area contributed by atoms with Gasteiger partial charge in [-0.05, 0) is 91.7 Å². The van der Waals surface area contributed by atoms with Crippen LogP contribution in [-0.2, 0) is 42.7 Å². The highest BCUT2D eigenvalue weighted by molar-refractivity contribution is 5.91. The fraction of sp³-hybridized carbons (Fsp3) is 0.278. The minimum absolute atomic E-state index is 0.0558. The number of para-hydroxylation sites is 2.